The molecular weight excluding hydrogens is 236 g/mol. The van der Waals surface area contributed by atoms with Gasteiger partial charge in [-0.05, 0) is 27.7 Å². The van der Waals surface area contributed by atoms with Crippen LogP contribution in [0.3, 0.4) is 0 Å². The molecule has 0 aromatic rings. The van der Waals surface area contributed by atoms with E-state index in [1.165, 1.54) is 0 Å². The van der Waals surface area contributed by atoms with Gasteiger partial charge in [-0.15, -0.1) is 6.42 Å². The van der Waals surface area contributed by atoms with Gasteiger partial charge in [-0.1, -0.05) is 5.92 Å². The molecule has 0 aromatic heterocycles. The van der Waals surface area contributed by atoms with Crippen LogP contribution in [-0.4, -0.2) is 47.7 Å². The van der Waals surface area contributed by atoms with Crippen LogP contribution in [0.25, 0.3) is 0 Å². The van der Waals surface area contributed by atoms with Crippen molar-refractivity contribution in [3.05, 3.63) is 0 Å². The smallest absolute Gasteiger partial charge is 0.164 e. The highest BCUT2D eigenvalue weighted by Gasteiger charge is 2.51. The van der Waals surface area contributed by atoms with E-state index in [0.717, 1.165) is 0 Å². The fraction of sp³-hybridized carbons (Fsp3) is 0.846. The Hall–Kier alpha value is -0.640. The van der Waals surface area contributed by atoms with Crippen molar-refractivity contribution in [3.8, 4) is 12.3 Å². The largest absolute Gasteiger partial charge is 0.378 e. The van der Waals surface area contributed by atoms with Crippen LogP contribution in [0.5, 0.6) is 0 Å². The number of hydrogen-bond donors (Lipinski definition) is 1. The van der Waals surface area contributed by atoms with Crippen LogP contribution in [0.15, 0.2) is 0 Å². The van der Waals surface area contributed by atoms with Crippen molar-refractivity contribution in [2.45, 2.75) is 63.7 Å². The highest BCUT2D eigenvalue weighted by molar-refractivity contribution is 5.04. The van der Waals surface area contributed by atoms with Gasteiger partial charge in [0.15, 0.2) is 11.6 Å². The van der Waals surface area contributed by atoms with Crippen LogP contribution < -0.4 is 0 Å². The standard InChI is InChI=1S/C13H20O5/c1-6-8(14)10-11(18-13(4,5)17-10)9-7-15-12(2,3)16-9/h1,8-11,14H,7H2,2-5H3/t8-,9-,10+,11+/m1/s1. The van der Waals surface area contributed by atoms with Gasteiger partial charge in [0.05, 0.1) is 6.61 Å². The molecule has 5 heteroatoms. The van der Waals surface area contributed by atoms with E-state index < -0.39 is 29.9 Å². The van der Waals surface area contributed by atoms with Crippen LogP contribution in [0.4, 0.5) is 0 Å². The summed E-state index contributed by atoms with van der Waals surface area (Å²) in [6, 6.07) is 0. The minimum Gasteiger partial charge on any atom is -0.378 e. The van der Waals surface area contributed by atoms with Gasteiger partial charge in [0.25, 0.3) is 0 Å². The van der Waals surface area contributed by atoms with Crippen molar-refractivity contribution in [2.24, 2.45) is 0 Å². The van der Waals surface area contributed by atoms with Gasteiger partial charge in [-0.25, -0.2) is 0 Å². The van der Waals surface area contributed by atoms with Crippen LogP contribution in [0, 0.1) is 12.3 Å². The molecule has 0 bridgehead atoms. The summed E-state index contributed by atoms with van der Waals surface area (Å²) in [6.45, 7) is 7.63. The Morgan fingerprint density at radius 2 is 1.83 bits per heavy atom. The molecule has 0 aliphatic carbocycles. The molecule has 1 N–H and O–H groups in total. The topological polar surface area (TPSA) is 57.2 Å². The van der Waals surface area contributed by atoms with Crippen LogP contribution >= 0.6 is 0 Å². The summed E-state index contributed by atoms with van der Waals surface area (Å²) in [5.74, 6) is 0.838. The first-order valence-corrected chi connectivity index (χ1v) is 6.06. The van der Waals surface area contributed by atoms with E-state index in [1.807, 2.05) is 13.8 Å². The molecule has 18 heavy (non-hydrogen) atoms. The first kappa shape index (κ1) is 13.8. The zero-order chi connectivity index (χ0) is 13.6. The lowest BCUT2D eigenvalue weighted by molar-refractivity contribution is -0.175. The molecule has 5 nitrogen and oxygen atoms in total. The SMILES string of the molecule is C#C[C@@H](O)[C@@H]1OC(C)(C)O[C@H]1[C@H]1COC(C)(C)O1. The lowest BCUT2D eigenvalue weighted by atomic mass is 10.0. The number of rotatable bonds is 2. The predicted molar refractivity (Wildman–Crippen MR) is 63.6 cm³/mol. The molecule has 2 aliphatic rings. The molecule has 4 atom stereocenters. The molecular formula is C13H20O5. The molecule has 2 fully saturated rings. The fourth-order valence-corrected chi connectivity index (χ4v) is 2.32. The summed E-state index contributed by atoms with van der Waals surface area (Å²) in [7, 11) is 0. The van der Waals surface area contributed by atoms with E-state index in [2.05, 4.69) is 5.92 Å². The van der Waals surface area contributed by atoms with Crippen molar-refractivity contribution in [2.75, 3.05) is 6.61 Å². The second-order valence-electron chi connectivity index (χ2n) is 5.54. The first-order valence-electron chi connectivity index (χ1n) is 6.06. The Morgan fingerprint density at radius 1 is 1.17 bits per heavy atom. The van der Waals surface area contributed by atoms with E-state index in [4.69, 9.17) is 25.4 Å². The van der Waals surface area contributed by atoms with Crippen molar-refractivity contribution in [3.63, 3.8) is 0 Å². The van der Waals surface area contributed by atoms with Gasteiger partial charge in [-0.2, -0.15) is 0 Å². The van der Waals surface area contributed by atoms with Crippen molar-refractivity contribution < 1.29 is 24.1 Å². The summed E-state index contributed by atoms with van der Waals surface area (Å²) in [5, 5.41) is 9.81. The predicted octanol–water partition coefficient (Wildman–Crippen LogP) is 0.652. The third-order valence-electron chi connectivity index (χ3n) is 3.04. The summed E-state index contributed by atoms with van der Waals surface area (Å²) in [6.07, 6.45) is 2.89. The normalized spacial score (nSPS) is 39.4. The number of aliphatic hydroxyl groups is 1. The number of ether oxygens (including phenoxy) is 4. The van der Waals surface area contributed by atoms with Crippen LogP contribution in [0.1, 0.15) is 27.7 Å². The summed E-state index contributed by atoms with van der Waals surface area (Å²) in [5.41, 5.74) is 0. The Labute approximate surface area is 107 Å². The lowest BCUT2D eigenvalue weighted by Crippen LogP contribution is -2.43. The molecule has 0 aromatic carbocycles. The van der Waals surface area contributed by atoms with E-state index in [9.17, 15) is 5.11 Å². The lowest BCUT2D eigenvalue weighted by Gasteiger charge is -2.24. The van der Waals surface area contributed by atoms with Crippen molar-refractivity contribution in [1.29, 1.82) is 0 Å². The van der Waals surface area contributed by atoms with Gasteiger partial charge in [0.2, 0.25) is 0 Å². The van der Waals surface area contributed by atoms with Crippen molar-refractivity contribution >= 4 is 0 Å². The van der Waals surface area contributed by atoms with E-state index in [1.54, 1.807) is 13.8 Å². The Morgan fingerprint density at radius 3 is 2.33 bits per heavy atom. The van der Waals surface area contributed by atoms with Gasteiger partial charge in [0.1, 0.15) is 24.4 Å². The van der Waals surface area contributed by atoms with E-state index in [-0.39, 0.29) is 6.10 Å². The Bertz CT molecular complexity index is 357. The molecule has 2 aliphatic heterocycles. The molecule has 0 saturated carbocycles. The summed E-state index contributed by atoms with van der Waals surface area (Å²) < 4.78 is 22.7. The molecule has 0 radical (unpaired) electrons. The minimum atomic E-state index is -1.02. The van der Waals surface area contributed by atoms with Gasteiger partial charge in [-0.3, -0.25) is 0 Å². The summed E-state index contributed by atoms with van der Waals surface area (Å²) in [4.78, 5) is 0. The zero-order valence-corrected chi connectivity index (χ0v) is 11.2. The highest BCUT2D eigenvalue weighted by atomic mass is 16.8. The zero-order valence-electron chi connectivity index (χ0n) is 11.2. The van der Waals surface area contributed by atoms with Gasteiger partial charge >= 0.3 is 0 Å². The second-order valence-corrected chi connectivity index (χ2v) is 5.54. The number of aliphatic hydroxyl groups excluding tert-OH is 1. The van der Waals surface area contributed by atoms with Crippen molar-refractivity contribution in [1.82, 2.24) is 0 Å². The number of terminal acetylenes is 1. The molecule has 0 spiro atoms. The summed E-state index contributed by atoms with van der Waals surface area (Å²) >= 11 is 0. The Balaban J connectivity index is 2.13. The highest BCUT2D eigenvalue weighted by Crippen LogP contribution is 2.36. The maximum atomic E-state index is 9.81. The maximum Gasteiger partial charge on any atom is 0.164 e. The van der Waals surface area contributed by atoms with Crippen LogP contribution in [-0.2, 0) is 18.9 Å². The van der Waals surface area contributed by atoms with Gasteiger partial charge < -0.3 is 24.1 Å². The molecule has 2 saturated heterocycles. The molecule has 0 unspecified atom stereocenters. The molecule has 102 valence electrons. The molecule has 0 amide bonds. The third kappa shape index (κ3) is 2.68. The fourth-order valence-electron chi connectivity index (χ4n) is 2.32. The average Bonchev–Trinajstić information content (AvgIpc) is 2.77. The maximum absolute atomic E-state index is 9.81. The molecule has 2 heterocycles. The van der Waals surface area contributed by atoms with Gasteiger partial charge in [0, 0.05) is 0 Å². The average molecular weight is 256 g/mol. The van der Waals surface area contributed by atoms with E-state index in [0.29, 0.717) is 6.61 Å². The van der Waals surface area contributed by atoms with E-state index >= 15 is 0 Å². The second kappa shape index (κ2) is 4.48. The minimum absolute atomic E-state index is 0.297. The third-order valence-corrected chi connectivity index (χ3v) is 3.04. The number of hydrogen-bond acceptors (Lipinski definition) is 5. The van der Waals surface area contributed by atoms with Crippen LogP contribution in [0.2, 0.25) is 0 Å². The quantitative estimate of drug-likeness (QED) is 0.735. The first-order chi connectivity index (χ1) is 8.24. The monoisotopic (exact) mass is 256 g/mol. The Kier molecular flexibility index (Phi) is 3.43. The molecule has 2 rings (SSSR count).